The maximum Gasteiger partial charge on any atom is 0.332 e. The maximum absolute atomic E-state index is 11.7. The van der Waals surface area contributed by atoms with E-state index >= 15 is 0 Å². The molecule has 0 saturated carbocycles. The highest BCUT2D eigenvalue weighted by Gasteiger charge is 2.64. The van der Waals surface area contributed by atoms with Crippen molar-refractivity contribution in [2.24, 2.45) is 0 Å². The summed E-state index contributed by atoms with van der Waals surface area (Å²) in [5.41, 5.74) is 0.759. The summed E-state index contributed by atoms with van der Waals surface area (Å²) in [5.74, 6) is 0.684. The summed E-state index contributed by atoms with van der Waals surface area (Å²) in [6, 6.07) is 6.12. The molecule has 2 aliphatic heterocycles. The van der Waals surface area contributed by atoms with Crippen LogP contribution in [0.1, 0.15) is 6.92 Å². The highest BCUT2D eigenvalue weighted by molar-refractivity contribution is 7.99. The van der Waals surface area contributed by atoms with E-state index in [-0.39, 0.29) is 29.2 Å². The Balaban J connectivity index is 1.78. The van der Waals surface area contributed by atoms with Crippen LogP contribution in [-0.2, 0) is 9.53 Å². The number of nitrogens with zero attached hydrogens (tertiary/aromatic N) is 2. The maximum atomic E-state index is 11.7. The third-order valence-electron chi connectivity index (χ3n) is 3.30. The molecule has 3 rings (SSSR count). The Kier molecular flexibility index (Phi) is 2.85. The summed E-state index contributed by atoms with van der Waals surface area (Å²) in [6.45, 7) is 2.02. The van der Waals surface area contributed by atoms with E-state index in [1.54, 1.807) is 23.9 Å². The van der Waals surface area contributed by atoms with E-state index in [1.165, 1.54) is 12.1 Å². The van der Waals surface area contributed by atoms with Gasteiger partial charge in [0.2, 0.25) is 0 Å². The summed E-state index contributed by atoms with van der Waals surface area (Å²) < 4.78 is 5.25. The van der Waals surface area contributed by atoms with E-state index in [0.717, 1.165) is 11.4 Å². The molecule has 2 saturated heterocycles. The lowest BCUT2D eigenvalue weighted by molar-refractivity contribution is -0.384. The molecule has 0 radical (unpaired) electrons. The lowest BCUT2D eigenvalue weighted by Crippen LogP contribution is -2.22. The van der Waals surface area contributed by atoms with Crippen LogP contribution in [0.15, 0.2) is 24.3 Å². The first-order valence-electron chi connectivity index (χ1n) is 5.98. The summed E-state index contributed by atoms with van der Waals surface area (Å²) in [6.07, 6.45) is 0. The third-order valence-corrected chi connectivity index (χ3v) is 4.33. The van der Waals surface area contributed by atoms with Gasteiger partial charge in [-0.2, -0.15) is 0 Å². The van der Waals surface area contributed by atoms with Crippen LogP contribution < -0.4 is 4.90 Å². The van der Waals surface area contributed by atoms with Crippen molar-refractivity contribution >= 4 is 29.1 Å². The van der Waals surface area contributed by atoms with E-state index in [9.17, 15) is 14.9 Å². The predicted octanol–water partition coefficient (Wildman–Crippen LogP) is 1.79. The van der Waals surface area contributed by atoms with Crippen molar-refractivity contribution in [3.8, 4) is 0 Å². The first-order valence-corrected chi connectivity index (χ1v) is 7.03. The minimum atomic E-state index is -0.434. The number of hydrogen-bond donors (Lipinski definition) is 0. The number of carbonyl (C=O) groups is 1. The Hall–Kier alpha value is -1.76. The number of benzene rings is 1. The molecule has 0 N–H and O–H groups in total. The Morgan fingerprint density at radius 3 is 2.68 bits per heavy atom. The molecule has 0 aliphatic carbocycles. The minimum Gasteiger partial charge on any atom is -0.447 e. The van der Waals surface area contributed by atoms with Crippen LogP contribution in [0, 0.1) is 10.1 Å². The quantitative estimate of drug-likeness (QED) is 0.362. The summed E-state index contributed by atoms with van der Waals surface area (Å²) in [4.78, 5) is 23.8. The normalized spacial score (nSPS) is 27.9. The molecule has 1 aromatic carbocycles. The fourth-order valence-corrected chi connectivity index (χ4v) is 3.38. The summed E-state index contributed by atoms with van der Waals surface area (Å²) in [5, 5.41) is 10.6. The number of thioether (sulfide) groups is 1. The molecule has 1 aromatic rings. The van der Waals surface area contributed by atoms with Crippen LogP contribution in [0.4, 0.5) is 11.4 Å². The first-order chi connectivity index (χ1) is 9.13. The Morgan fingerprint density at radius 1 is 1.42 bits per heavy atom. The van der Waals surface area contributed by atoms with E-state index in [1.807, 2.05) is 11.8 Å². The number of morpholine rings is 1. The molecule has 0 aromatic heterocycles. The number of nitro groups is 1. The largest absolute Gasteiger partial charge is 0.447 e. The lowest BCUT2D eigenvalue weighted by Gasteiger charge is -2.16. The average Bonchev–Trinajstić information content (AvgIpc) is 3.05. The highest BCUT2D eigenvalue weighted by atomic mass is 32.2. The summed E-state index contributed by atoms with van der Waals surface area (Å²) >= 11 is 1.61. The second kappa shape index (κ2) is 4.41. The number of rotatable bonds is 4. The van der Waals surface area contributed by atoms with Crippen molar-refractivity contribution < 1.29 is 14.5 Å². The van der Waals surface area contributed by atoms with Gasteiger partial charge in [0.05, 0.1) is 4.92 Å². The third kappa shape index (κ3) is 1.94. The molecule has 3 atom stereocenters. The van der Waals surface area contributed by atoms with Crippen molar-refractivity contribution in [1.82, 2.24) is 0 Å². The number of carbonyl (C=O) groups excluding carboxylic acids is 1. The minimum absolute atomic E-state index is 0.0535. The van der Waals surface area contributed by atoms with Crippen LogP contribution in [0.3, 0.4) is 0 Å². The number of non-ortho nitro benzene ring substituents is 1. The number of fused-ring (bicyclic) bond motifs is 1. The zero-order valence-corrected chi connectivity index (χ0v) is 11.0. The fourth-order valence-electron chi connectivity index (χ4n) is 2.41. The van der Waals surface area contributed by atoms with Gasteiger partial charge in [0, 0.05) is 17.8 Å². The average molecular weight is 280 g/mol. The molecule has 6 nitrogen and oxygen atoms in total. The molecule has 19 heavy (non-hydrogen) atoms. The number of hydrogen-bond acceptors (Lipinski definition) is 6. The van der Waals surface area contributed by atoms with Crippen molar-refractivity contribution in [3.05, 3.63) is 34.4 Å². The van der Waals surface area contributed by atoms with Crippen LogP contribution in [-0.4, -0.2) is 34.2 Å². The molecule has 0 spiro atoms. The van der Waals surface area contributed by atoms with Crippen LogP contribution in [0.5, 0.6) is 0 Å². The number of nitro benzene ring substituents is 1. The van der Waals surface area contributed by atoms with Gasteiger partial charge in [-0.15, -0.1) is 11.8 Å². The van der Waals surface area contributed by atoms with E-state index in [0.29, 0.717) is 0 Å². The van der Waals surface area contributed by atoms with Gasteiger partial charge < -0.3 is 9.64 Å². The number of anilines is 1. The molecular weight excluding hydrogens is 268 g/mol. The molecule has 7 heteroatoms. The smallest absolute Gasteiger partial charge is 0.332 e. The Labute approximate surface area is 113 Å². The van der Waals surface area contributed by atoms with Gasteiger partial charge in [0.25, 0.3) is 5.69 Å². The van der Waals surface area contributed by atoms with Gasteiger partial charge in [-0.25, -0.2) is 4.79 Å². The van der Waals surface area contributed by atoms with Gasteiger partial charge in [-0.1, -0.05) is 6.92 Å². The molecule has 0 unspecified atom stereocenters. The van der Waals surface area contributed by atoms with Crippen LogP contribution in [0.25, 0.3) is 0 Å². The second-order valence-electron chi connectivity index (χ2n) is 4.38. The van der Waals surface area contributed by atoms with Gasteiger partial charge in [0.15, 0.2) is 11.5 Å². The van der Waals surface area contributed by atoms with E-state index < -0.39 is 4.92 Å². The van der Waals surface area contributed by atoms with E-state index in [4.69, 9.17) is 4.74 Å². The monoisotopic (exact) mass is 280 g/mol. The van der Waals surface area contributed by atoms with Gasteiger partial charge in [-0.05, 0) is 17.9 Å². The second-order valence-corrected chi connectivity index (χ2v) is 5.75. The zero-order valence-electron chi connectivity index (χ0n) is 10.2. The van der Waals surface area contributed by atoms with Gasteiger partial charge in [0.1, 0.15) is 6.04 Å². The Bertz CT molecular complexity index is 533. The van der Waals surface area contributed by atoms with Crippen molar-refractivity contribution in [2.75, 3.05) is 10.7 Å². The molecule has 100 valence electrons. The predicted molar refractivity (Wildman–Crippen MR) is 71.2 cm³/mol. The molecule has 2 aliphatic rings. The van der Waals surface area contributed by atoms with Crippen molar-refractivity contribution in [1.29, 1.82) is 0 Å². The molecule has 2 heterocycles. The number of ether oxygens (including phenoxy) is 1. The fraction of sp³-hybridized carbons (Fsp3) is 0.417. The van der Waals surface area contributed by atoms with E-state index in [2.05, 4.69) is 0 Å². The molecule has 2 fully saturated rings. The SMILES string of the molecule is CCS[C@@H]1OC(=O)[C@@H]2[C@H]1N2c1ccc([N+](=O)[O-])cc1. The number of esters is 1. The molecule has 0 bridgehead atoms. The van der Waals surface area contributed by atoms with Crippen LogP contribution in [0.2, 0.25) is 0 Å². The number of cyclic esters (lactones) is 1. The van der Waals surface area contributed by atoms with Crippen molar-refractivity contribution in [2.45, 2.75) is 24.4 Å². The molecular formula is C12H12N2O4S. The standard InChI is InChI=1S/C12H12N2O4S/c1-2-19-12-10-9(11(15)18-12)13(10)7-3-5-8(6-4-7)14(16)17/h3-6,9-10,12H,2H2,1H3/t9-,10+,12-,13?/m0/s1. The van der Waals surface area contributed by atoms with Crippen LogP contribution >= 0.6 is 11.8 Å². The zero-order chi connectivity index (χ0) is 13.6. The molecule has 0 amide bonds. The van der Waals surface area contributed by atoms with Gasteiger partial charge in [-0.3, -0.25) is 10.1 Å². The highest BCUT2D eigenvalue weighted by Crippen LogP contribution is 2.47. The first kappa shape index (κ1) is 12.3. The summed E-state index contributed by atoms with van der Waals surface area (Å²) in [7, 11) is 0. The van der Waals surface area contributed by atoms with Crippen molar-refractivity contribution in [3.63, 3.8) is 0 Å². The Morgan fingerprint density at radius 2 is 2.11 bits per heavy atom. The topological polar surface area (TPSA) is 72.5 Å². The van der Waals surface area contributed by atoms with Gasteiger partial charge >= 0.3 is 5.97 Å². The lowest BCUT2D eigenvalue weighted by atomic mass is 10.3.